The number of amides is 1. The maximum Gasteiger partial charge on any atom is 0.275 e. The van der Waals surface area contributed by atoms with Crippen LogP contribution in [0.15, 0.2) is 65.6 Å². The van der Waals surface area contributed by atoms with Gasteiger partial charge in [-0.3, -0.25) is 14.6 Å². The lowest BCUT2D eigenvalue weighted by molar-refractivity contribution is 0.102. The van der Waals surface area contributed by atoms with Crippen LogP contribution in [0.1, 0.15) is 16.2 Å². The Balaban J connectivity index is 1.62. The Labute approximate surface area is 154 Å². The van der Waals surface area contributed by atoms with Gasteiger partial charge in [0.1, 0.15) is 11.5 Å². The molecule has 0 aliphatic heterocycles. The van der Waals surface area contributed by atoms with Crippen LogP contribution >= 0.6 is 0 Å². The summed E-state index contributed by atoms with van der Waals surface area (Å²) in [5.41, 5.74) is 3.26. The number of hydrogen-bond donors (Lipinski definition) is 2. The Bertz CT molecular complexity index is 1220. The fourth-order valence-corrected chi connectivity index (χ4v) is 2.72. The van der Waals surface area contributed by atoms with Crippen LogP contribution in [0.3, 0.4) is 0 Å². The second-order valence-electron chi connectivity index (χ2n) is 6.01. The van der Waals surface area contributed by atoms with E-state index < -0.39 is 0 Å². The number of aromatic nitrogens is 4. The fourth-order valence-electron chi connectivity index (χ4n) is 2.72. The number of para-hydroxylation sites is 2. The minimum absolute atomic E-state index is 0.223. The lowest BCUT2D eigenvalue weighted by Gasteiger charge is -2.08. The van der Waals surface area contributed by atoms with Crippen molar-refractivity contribution in [3.8, 4) is 11.4 Å². The first kappa shape index (κ1) is 16.6. The first-order valence-electron chi connectivity index (χ1n) is 8.30. The van der Waals surface area contributed by atoms with Crippen LogP contribution in [0, 0.1) is 6.92 Å². The number of benzene rings is 2. The molecule has 0 atom stereocenters. The van der Waals surface area contributed by atoms with E-state index in [1.807, 2.05) is 24.3 Å². The summed E-state index contributed by atoms with van der Waals surface area (Å²) in [6, 6.07) is 15.9. The molecule has 0 fully saturated rings. The molecule has 4 rings (SSSR count). The van der Waals surface area contributed by atoms with Gasteiger partial charge in [0, 0.05) is 23.0 Å². The molecule has 4 aromatic rings. The molecule has 0 unspecified atom stereocenters. The molecule has 0 aliphatic carbocycles. The number of carbonyl (C=O) groups is 1. The van der Waals surface area contributed by atoms with E-state index in [9.17, 15) is 9.59 Å². The fraction of sp³-hybridized carbons (Fsp3) is 0.0500. The zero-order valence-electron chi connectivity index (χ0n) is 14.4. The molecule has 132 valence electrons. The molecule has 0 spiro atoms. The number of aromatic amines is 1. The highest BCUT2D eigenvalue weighted by Crippen LogP contribution is 2.19. The Morgan fingerprint density at radius 2 is 1.81 bits per heavy atom. The molecule has 0 bridgehead atoms. The smallest absolute Gasteiger partial charge is 0.275 e. The number of anilines is 1. The Kier molecular flexibility index (Phi) is 4.18. The predicted molar refractivity (Wildman–Crippen MR) is 103 cm³/mol. The average Bonchev–Trinajstić information content (AvgIpc) is 2.67. The van der Waals surface area contributed by atoms with Gasteiger partial charge in [0.2, 0.25) is 0 Å². The Morgan fingerprint density at radius 1 is 1.00 bits per heavy atom. The highest BCUT2D eigenvalue weighted by atomic mass is 16.2. The summed E-state index contributed by atoms with van der Waals surface area (Å²) in [5, 5.41) is 2.80. The lowest BCUT2D eigenvalue weighted by Crippen LogP contribution is -2.14. The Hall–Kier alpha value is -3.87. The van der Waals surface area contributed by atoms with Gasteiger partial charge in [-0.2, -0.15) is 0 Å². The van der Waals surface area contributed by atoms with Crippen molar-refractivity contribution in [2.45, 2.75) is 6.92 Å². The van der Waals surface area contributed by atoms with Crippen molar-refractivity contribution in [1.29, 1.82) is 0 Å². The number of aryl methyl sites for hydroxylation is 1. The molecule has 1 amide bonds. The quantitative estimate of drug-likeness (QED) is 0.587. The van der Waals surface area contributed by atoms with E-state index in [1.54, 1.807) is 31.2 Å². The van der Waals surface area contributed by atoms with Crippen LogP contribution in [0.4, 0.5) is 5.69 Å². The van der Waals surface area contributed by atoms with Gasteiger partial charge in [0.15, 0.2) is 0 Å². The summed E-state index contributed by atoms with van der Waals surface area (Å²) < 4.78 is 0. The van der Waals surface area contributed by atoms with E-state index in [2.05, 4.69) is 25.3 Å². The van der Waals surface area contributed by atoms with Crippen LogP contribution in [-0.2, 0) is 0 Å². The number of H-pyrrole nitrogens is 1. The van der Waals surface area contributed by atoms with Crippen molar-refractivity contribution in [2.75, 3.05) is 5.32 Å². The van der Waals surface area contributed by atoms with Crippen molar-refractivity contribution in [3.05, 3.63) is 82.5 Å². The maximum atomic E-state index is 12.5. The van der Waals surface area contributed by atoms with Gasteiger partial charge in [-0.1, -0.05) is 24.3 Å². The summed E-state index contributed by atoms with van der Waals surface area (Å²) in [6.45, 7) is 1.75. The first-order valence-corrected chi connectivity index (χ1v) is 8.30. The summed E-state index contributed by atoms with van der Waals surface area (Å²) in [7, 11) is 0. The molecule has 2 N–H and O–H groups in total. The molecule has 0 aliphatic rings. The maximum absolute atomic E-state index is 12.5. The highest BCUT2D eigenvalue weighted by molar-refractivity contribution is 6.03. The van der Waals surface area contributed by atoms with Crippen LogP contribution < -0.4 is 10.9 Å². The van der Waals surface area contributed by atoms with Gasteiger partial charge < -0.3 is 10.3 Å². The van der Waals surface area contributed by atoms with E-state index >= 15 is 0 Å². The second kappa shape index (κ2) is 6.80. The standard InChI is InChI=1S/C20H15N5O2/c1-12-9-18(26)25-19(22-12)13-5-4-6-14(10-13)23-20(27)17-11-21-15-7-2-3-8-16(15)24-17/h2-11H,1H3,(H,23,27)(H,22,25,26). The largest absolute Gasteiger partial charge is 0.321 e. The zero-order chi connectivity index (χ0) is 18.8. The highest BCUT2D eigenvalue weighted by Gasteiger charge is 2.11. The third-order valence-electron chi connectivity index (χ3n) is 3.94. The monoisotopic (exact) mass is 357 g/mol. The minimum atomic E-state index is -0.365. The van der Waals surface area contributed by atoms with Crippen molar-refractivity contribution < 1.29 is 4.79 Å². The van der Waals surface area contributed by atoms with Gasteiger partial charge in [0.05, 0.1) is 17.2 Å². The number of hydrogen-bond acceptors (Lipinski definition) is 5. The predicted octanol–water partition coefficient (Wildman–Crippen LogP) is 2.94. The van der Waals surface area contributed by atoms with Crippen LogP contribution in [0.2, 0.25) is 0 Å². The number of fused-ring (bicyclic) bond motifs is 1. The number of nitrogens with zero attached hydrogens (tertiary/aromatic N) is 3. The van der Waals surface area contributed by atoms with E-state index in [4.69, 9.17) is 0 Å². The number of rotatable bonds is 3. The number of carbonyl (C=O) groups excluding carboxylic acids is 1. The van der Waals surface area contributed by atoms with Crippen molar-refractivity contribution >= 4 is 22.6 Å². The topological polar surface area (TPSA) is 101 Å². The van der Waals surface area contributed by atoms with E-state index in [-0.39, 0.29) is 17.2 Å². The molecular weight excluding hydrogens is 342 g/mol. The van der Waals surface area contributed by atoms with Gasteiger partial charge in [0.25, 0.3) is 11.5 Å². The van der Waals surface area contributed by atoms with Gasteiger partial charge in [-0.15, -0.1) is 0 Å². The molecule has 2 aromatic carbocycles. The van der Waals surface area contributed by atoms with Gasteiger partial charge in [-0.05, 0) is 31.2 Å². The number of nitrogens with one attached hydrogen (secondary N) is 2. The van der Waals surface area contributed by atoms with Crippen molar-refractivity contribution in [2.24, 2.45) is 0 Å². The third kappa shape index (κ3) is 3.57. The van der Waals surface area contributed by atoms with E-state index in [1.165, 1.54) is 12.3 Å². The van der Waals surface area contributed by atoms with Crippen molar-refractivity contribution in [3.63, 3.8) is 0 Å². The summed E-state index contributed by atoms with van der Waals surface area (Å²) in [5.74, 6) is 0.0812. The normalized spacial score (nSPS) is 10.7. The third-order valence-corrected chi connectivity index (χ3v) is 3.94. The summed E-state index contributed by atoms with van der Waals surface area (Å²) in [4.78, 5) is 39.8. The van der Waals surface area contributed by atoms with E-state index in [0.717, 1.165) is 5.52 Å². The molecular formula is C20H15N5O2. The van der Waals surface area contributed by atoms with Crippen molar-refractivity contribution in [1.82, 2.24) is 19.9 Å². The molecule has 0 saturated carbocycles. The zero-order valence-corrected chi connectivity index (χ0v) is 14.4. The molecule has 2 aromatic heterocycles. The van der Waals surface area contributed by atoms with Crippen LogP contribution in [-0.4, -0.2) is 25.8 Å². The van der Waals surface area contributed by atoms with Crippen LogP contribution in [0.5, 0.6) is 0 Å². The summed E-state index contributed by atoms with van der Waals surface area (Å²) >= 11 is 0. The molecule has 2 heterocycles. The molecule has 0 saturated heterocycles. The SMILES string of the molecule is Cc1cc(=O)[nH]c(-c2cccc(NC(=O)c3cnc4ccccc4n3)c2)n1. The van der Waals surface area contributed by atoms with Gasteiger partial charge in [-0.25, -0.2) is 9.97 Å². The summed E-state index contributed by atoms with van der Waals surface area (Å²) in [6.07, 6.45) is 1.45. The molecule has 7 nitrogen and oxygen atoms in total. The molecule has 27 heavy (non-hydrogen) atoms. The first-order chi connectivity index (χ1) is 13.1. The molecule has 0 radical (unpaired) electrons. The van der Waals surface area contributed by atoms with Crippen LogP contribution in [0.25, 0.3) is 22.4 Å². The minimum Gasteiger partial charge on any atom is -0.321 e. The second-order valence-corrected chi connectivity index (χ2v) is 6.01. The average molecular weight is 357 g/mol. The lowest BCUT2D eigenvalue weighted by atomic mass is 10.2. The van der Waals surface area contributed by atoms with Gasteiger partial charge >= 0.3 is 0 Å². The Morgan fingerprint density at radius 3 is 2.63 bits per heavy atom. The van der Waals surface area contributed by atoms with E-state index in [0.29, 0.717) is 28.3 Å². The molecule has 7 heteroatoms.